The molecule has 0 amide bonds. The Kier molecular flexibility index (Phi) is 4.28. The van der Waals surface area contributed by atoms with Gasteiger partial charge in [-0.15, -0.1) is 22.7 Å². The Bertz CT molecular complexity index is 921. The van der Waals surface area contributed by atoms with E-state index in [2.05, 4.69) is 11.1 Å². The second kappa shape index (κ2) is 6.52. The first-order chi connectivity index (χ1) is 11.2. The number of benzene rings is 1. The van der Waals surface area contributed by atoms with Gasteiger partial charge in [0.2, 0.25) is 0 Å². The van der Waals surface area contributed by atoms with Crippen molar-refractivity contribution in [3.8, 4) is 16.6 Å². The third-order valence-corrected chi connectivity index (χ3v) is 4.83. The molecule has 3 rings (SSSR count). The van der Waals surface area contributed by atoms with Gasteiger partial charge >= 0.3 is 0 Å². The van der Waals surface area contributed by atoms with Crippen LogP contribution in [0.15, 0.2) is 47.2 Å². The number of allylic oxidation sites excluding steroid dienone is 1. The van der Waals surface area contributed by atoms with Gasteiger partial charge in [0, 0.05) is 11.4 Å². The number of aromatic nitrogens is 1. The lowest BCUT2D eigenvalue weighted by Gasteiger charge is -1.98. The van der Waals surface area contributed by atoms with Gasteiger partial charge in [-0.3, -0.25) is 10.1 Å². The zero-order valence-corrected chi connectivity index (χ0v) is 13.3. The van der Waals surface area contributed by atoms with Gasteiger partial charge in [0.25, 0.3) is 5.69 Å². The lowest BCUT2D eigenvalue weighted by atomic mass is 10.1. The predicted molar refractivity (Wildman–Crippen MR) is 92.0 cm³/mol. The Balaban J connectivity index is 2.01. The number of para-hydroxylation sites is 1. The molecule has 0 aliphatic heterocycles. The maximum Gasteiger partial charge on any atom is 0.276 e. The molecule has 0 bridgehead atoms. The summed E-state index contributed by atoms with van der Waals surface area (Å²) in [6.07, 6.45) is 1.51. The van der Waals surface area contributed by atoms with Crippen molar-refractivity contribution in [3.05, 3.63) is 67.8 Å². The number of rotatable bonds is 4. The van der Waals surface area contributed by atoms with Gasteiger partial charge in [-0.2, -0.15) is 5.26 Å². The number of thiazole rings is 1. The van der Waals surface area contributed by atoms with Gasteiger partial charge in [0.05, 0.1) is 26.6 Å². The largest absolute Gasteiger partial charge is 0.276 e. The fourth-order valence-electron chi connectivity index (χ4n) is 2.01. The molecule has 2 heterocycles. The highest BCUT2D eigenvalue weighted by Gasteiger charge is 2.14. The minimum atomic E-state index is -0.459. The van der Waals surface area contributed by atoms with Gasteiger partial charge < -0.3 is 0 Å². The van der Waals surface area contributed by atoms with Crippen molar-refractivity contribution in [2.45, 2.75) is 0 Å². The van der Waals surface area contributed by atoms with Crippen molar-refractivity contribution in [1.29, 1.82) is 5.26 Å². The Morgan fingerprint density at radius 3 is 2.78 bits per heavy atom. The van der Waals surface area contributed by atoms with Crippen LogP contribution in [0.25, 0.3) is 22.2 Å². The van der Waals surface area contributed by atoms with Crippen LogP contribution in [0, 0.1) is 21.4 Å². The van der Waals surface area contributed by atoms with E-state index in [9.17, 15) is 15.4 Å². The summed E-state index contributed by atoms with van der Waals surface area (Å²) in [7, 11) is 0. The number of hydrogen-bond donors (Lipinski definition) is 0. The van der Waals surface area contributed by atoms with E-state index in [0.29, 0.717) is 16.1 Å². The molecule has 112 valence electrons. The third-order valence-electron chi connectivity index (χ3n) is 3.06. The minimum Gasteiger partial charge on any atom is -0.258 e. The fraction of sp³-hybridized carbons (Fsp3) is 0. The van der Waals surface area contributed by atoms with E-state index >= 15 is 0 Å². The normalized spacial score (nSPS) is 11.2. The van der Waals surface area contributed by atoms with E-state index in [1.54, 1.807) is 29.5 Å². The first-order valence-electron chi connectivity index (χ1n) is 6.54. The smallest absolute Gasteiger partial charge is 0.258 e. The van der Waals surface area contributed by atoms with E-state index < -0.39 is 4.92 Å². The molecule has 5 nitrogen and oxygen atoms in total. The average molecular weight is 339 g/mol. The molecule has 0 radical (unpaired) electrons. The highest BCUT2D eigenvalue weighted by Crippen LogP contribution is 2.30. The summed E-state index contributed by atoms with van der Waals surface area (Å²) in [4.78, 5) is 16.1. The van der Waals surface area contributed by atoms with Gasteiger partial charge in [-0.05, 0) is 23.6 Å². The van der Waals surface area contributed by atoms with Gasteiger partial charge in [-0.25, -0.2) is 4.98 Å². The standard InChI is InChI=1S/C16H9N3O2S2/c17-9-12(8-11-4-1-2-5-14(11)19(20)21)16-18-13(10-23-16)15-6-3-7-22-15/h1-8,10H/b12-8+. The summed E-state index contributed by atoms with van der Waals surface area (Å²) in [6, 6.07) is 12.3. The van der Waals surface area contributed by atoms with Crippen molar-refractivity contribution in [3.63, 3.8) is 0 Å². The van der Waals surface area contributed by atoms with Crippen LogP contribution in [0.4, 0.5) is 5.69 Å². The van der Waals surface area contributed by atoms with Crippen LogP contribution in [0.3, 0.4) is 0 Å². The number of hydrogen-bond acceptors (Lipinski definition) is 6. The van der Waals surface area contributed by atoms with E-state index in [1.165, 1.54) is 23.5 Å². The Morgan fingerprint density at radius 1 is 1.26 bits per heavy atom. The summed E-state index contributed by atoms with van der Waals surface area (Å²) in [5.41, 5.74) is 1.48. The first kappa shape index (κ1) is 15.1. The molecule has 2 aromatic heterocycles. The molecule has 0 aliphatic carbocycles. The van der Waals surface area contributed by atoms with E-state index in [0.717, 1.165) is 10.6 Å². The number of nitro groups is 1. The van der Waals surface area contributed by atoms with Crippen LogP contribution in [0.1, 0.15) is 10.6 Å². The Hall–Kier alpha value is -2.82. The summed E-state index contributed by atoms with van der Waals surface area (Å²) < 4.78 is 0. The predicted octanol–water partition coefficient (Wildman–Crippen LogP) is 4.84. The van der Waals surface area contributed by atoms with Crippen LogP contribution < -0.4 is 0 Å². The molecule has 7 heteroatoms. The molecule has 0 atom stereocenters. The molecule has 0 aliphatic rings. The Labute approximate surface area is 139 Å². The van der Waals surface area contributed by atoms with Crippen molar-refractivity contribution in [2.24, 2.45) is 0 Å². The molecule has 3 aromatic rings. The molecule has 0 N–H and O–H groups in total. The summed E-state index contributed by atoms with van der Waals surface area (Å²) in [5, 5.41) is 24.9. The summed E-state index contributed by atoms with van der Waals surface area (Å²) in [6.45, 7) is 0. The Morgan fingerprint density at radius 2 is 2.09 bits per heavy atom. The van der Waals surface area contributed by atoms with Crippen molar-refractivity contribution < 1.29 is 4.92 Å². The summed E-state index contributed by atoms with van der Waals surface area (Å²) in [5.74, 6) is 0. The number of nitro benzene ring substituents is 1. The molecule has 0 spiro atoms. The first-order valence-corrected chi connectivity index (χ1v) is 8.30. The highest BCUT2D eigenvalue weighted by atomic mass is 32.1. The zero-order valence-electron chi connectivity index (χ0n) is 11.7. The SMILES string of the molecule is N#C/C(=C\c1ccccc1[N+](=O)[O-])c1nc(-c2cccs2)cs1. The molecule has 0 saturated heterocycles. The highest BCUT2D eigenvalue weighted by molar-refractivity contribution is 7.14. The van der Waals surface area contributed by atoms with Crippen LogP contribution >= 0.6 is 22.7 Å². The van der Waals surface area contributed by atoms with Crippen LogP contribution in [0.5, 0.6) is 0 Å². The number of thiophene rings is 1. The lowest BCUT2D eigenvalue weighted by molar-refractivity contribution is -0.385. The lowest BCUT2D eigenvalue weighted by Crippen LogP contribution is -1.91. The molecule has 0 unspecified atom stereocenters. The molecular weight excluding hydrogens is 330 g/mol. The quantitative estimate of drug-likeness (QED) is 0.387. The van der Waals surface area contributed by atoms with Gasteiger partial charge in [0.1, 0.15) is 11.1 Å². The minimum absolute atomic E-state index is 0.0321. The van der Waals surface area contributed by atoms with Crippen molar-refractivity contribution in [2.75, 3.05) is 0 Å². The molecule has 0 saturated carbocycles. The van der Waals surface area contributed by atoms with E-state index in [1.807, 2.05) is 22.9 Å². The molecular formula is C16H9N3O2S2. The number of nitrogens with zero attached hydrogens (tertiary/aromatic N) is 3. The van der Waals surface area contributed by atoms with Crippen LogP contribution in [-0.2, 0) is 0 Å². The maximum absolute atomic E-state index is 11.1. The number of nitriles is 1. The fourth-order valence-corrected chi connectivity index (χ4v) is 3.55. The zero-order chi connectivity index (χ0) is 16.2. The summed E-state index contributed by atoms with van der Waals surface area (Å²) >= 11 is 2.92. The average Bonchev–Trinajstić information content (AvgIpc) is 3.23. The van der Waals surface area contributed by atoms with Crippen molar-refractivity contribution >= 4 is 40.0 Å². The molecule has 0 fully saturated rings. The monoisotopic (exact) mass is 339 g/mol. The second-order valence-corrected chi connectivity index (χ2v) is 6.31. The molecule has 1 aromatic carbocycles. The van der Waals surface area contributed by atoms with Gasteiger partial charge in [0.15, 0.2) is 0 Å². The third kappa shape index (κ3) is 3.18. The van der Waals surface area contributed by atoms with E-state index in [4.69, 9.17) is 0 Å². The second-order valence-electron chi connectivity index (χ2n) is 4.50. The molecule has 23 heavy (non-hydrogen) atoms. The maximum atomic E-state index is 11.1. The van der Waals surface area contributed by atoms with Gasteiger partial charge in [-0.1, -0.05) is 18.2 Å². The van der Waals surface area contributed by atoms with E-state index in [-0.39, 0.29) is 5.69 Å². The topological polar surface area (TPSA) is 79.8 Å². The van der Waals surface area contributed by atoms with Crippen molar-refractivity contribution in [1.82, 2.24) is 4.98 Å². The van der Waals surface area contributed by atoms with Crippen LogP contribution in [-0.4, -0.2) is 9.91 Å². The van der Waals surface area contributed by atoms with Crippen LogP contribution in [0.2, 0.25) is 0 Å².